The molecule has 0 amide bonds. The van der Waals surface area contributed by atoms with Gasteiger partial charge in [-0.05, 0) is 31.1 Å². The second-order valence-electron chi connectivity index (χ2n) is 8.10. The van der Waals surface area contributed by atoms with Gasteiger partial charge in [0.2, 0.25) is 0 Å². The second-order valence-corrected chi connectivity index (χ2v) is 8.10. The van der Waals surface area contributed by atoms with E-state index >= 15 is 0 Å². The molecule has 0 saturated heterocycles. The van der Waals surface area contributed by atoms with E-state index in [4.69, 9.17) is 14.6 Å². The molecule has 170 valence electrons. The molecule has 0 bridgehead atoms. The number of aliphatic carboxylic acids is 1. The molecule has 0 spiro atoms. The van der Waals surface area contributed by atoms with Crippen molar-refractivity contribution >= 4 is 12.1 Å². The van der Waals surface area contributed by atoms with Gasteiger partial charge in [0.05, 0.1) is 19.8 Å². The lowest BCUT2D eigenvalue weighted by atomic mass is 9.91. The van der Waals surface area contributed by atoms with Gasteiger partial charge in [-0.25, -0.2) is 9.59 Å². The maximum Gasteiger partial charge on any atom is 0.509 e. The first-order chi connectivity index (χ1) is 14.8. The summed E-state index contributed by atoms with van der Waals surface area (Å²) in [5, 5.41) is 19.2. The topological polar surface area (TPSA) is 102 Å². The quantitative estimate of drug-likeness (QED) is 0.276. The third-order valence-corrected chi connectivity index (χ3v) is 5.79. The summed E-state index contributed by atoms with van der Waals surface area (Å²) in [5.41, 5.74) is 1.21. The zero-order valence-electron chi connectivity index (χ0n) is 18.4. The molecule has 6 unspecified atom stereocenters. The standard InChI is InChI=1S/C24H32O7/c1-4-5-6-7-16(2)22(31-24(28)29-3)9-8-19-20-13-17(10-11-30-15-23(26)27)12-18(20)14-21(19)25/h10,16,18-22,25H,4,7,11-15H2,1-3H3,(H,26,27). The fourth-order valence-electron chi connectivity index (χ4n) is 4.24. The molecule has 7 nitrogen and oxygen atoms in total. The molecule has 0 aromatic rings. The Morgan fingerprint density at radius 2 is 2.06 bits per heavy atom. The van der Waals surface area contributed by atoms with Crippen LogP contribution in [0.25, 0.3) is 0 Å². The largest absolute Gasteiger partial charge is 0.509 e. The van der Waals surface area contributed by atoms with Gasteiger partial charge >= 0.3 is 12.1 Å². The van der Waals surface area contributed by atoms with Crippen LogP contribution in [0.15, 0.2) is 11.6 Å². The van der Waals surface area contributed by atoms with Crippen molar-refractivity contribution in [3.63, 3.8) is 0 Å². The monoisotopic (exact) mass is 432 g/mol. The van der Waals surface area contributed by atoms with E-state index in [0.29, 0.717) is 18.8 Å². The van der Waals surface area contributed by atoms with Gasteiger partial charge in [-0.3, -0.25) is 0 Å². The zero-order valence-corrected chi connectivity index (χ0v) is 18.4. The minimum atomic E-state index is -0.987. The average molecular weight is 433 g/mol. The van der Waals surface area contributed by atoms with E-state index < -0.39 is 24.3 Å². The highest BCUT2D eigenvalue weighted by Gasteiger charge is 2.45. The number of hydrogen-bond donors (Lipinski definition) is 2. The molecule has 7 heteroatoms. The smallest absolute Gasteiger partial charge is 0.480 e. The molecule has 6 atom stereocenters. The molecule has 2 aliphatic carbocycles. The number of carbonyl (C=O) groups excluding carboxylic acids is 1. The van der Waals surface area contributed by atoms with E-state index in [0.717, 1.165) is 19.3 Å². The van der Waals surface area contributed by atoms with Gasteiger partial charge in [-0.2, -0.15) is 0 Å². The van der Waals surface area contributed by atoms with Gasteiger partial charge in [0.25, 0.3) is 0 Å². The summed E-state index contributed by atoms with van der Waals surface area (Å²) in [4.78, 5) is 22.2. The van der Waals surface area contributed by atoms with Crippen LogP contribution in [0, 0.1) is 47.4 Å². The van der Waals surface area contributed by atoms with Crippen LogP contribution in [0.2, 0.25) is 0 Å². The summed E-state index contributed by atoms with van der Waals surface area (Å²) in [7, 11) is 1.26. The maximum absolute atomic E-state index is 11.7. The highest BCUT2D eigenvalue weighted by atomic mass is 16.7. The van der Waals surface area contributed by atoms with Gasteiger partial charge in [0.15, 0.2) is 6.10 Å². The normalized spacial score (nSPS) is 27.3. The highest BCUT2D eigenvalue weighted by Crippen LogP contribution is 2.49. The van der Waals surface area contributed by atoms with Crippen LogP contribution in [0.3, 0.4) is 0 Å². The molecule has 0 aliphatic heterocycles. The number of methoxy groups -OCH3 is 1. The number of carbonyl (C=O) groups is 2. The molecule has 2 N–H and O–H groups in total. The van der Waals surface area contributed by atoms with Gasteiger partial charge in [-0.1, -0.05) is 37.3 Å². The molecule has 2 rings (SSSR count). The van der Waals surface area contributed by atoms with E-state index in [2.05, 4.69) is 28.4 Å². The van der Waals surface area contributed by atoms with Crippen molar-refractivity contribution in [1.29, 1.82) is 0 Å². The van der Waals surface area contributed by atoms with Crippen molar-refractivity contribution in [2.24, 2.45) is 23.7 Å². The first-order valence-corrected chi connectivity index (χ1v) is 10.7. The van der Waals surface area contributed by atoms with E-state index in [1.165, 1.54) is 12.7 Å². The lowest BCUT2D eigenvalue weighted by Crippen LogP contribution is -2.25. The second kappa shape index (κ2) is 12.4. The lowest BCUT2D eigenvalue weighted by Gasteiger charge is -2.19. The molecule has 2 fully saturated rings. The minimum absolute atomic E-state index is 0.0922. The van der Waals surface area contributed by atoms with Gasteiger partial charge in [0, 0.05) is 24.7 Å². The number of aliphatic hydroxyl groups excluding tert-OH is 1. The molecule has 0 aromatic carbocycles. The minimum Gasteiger partial charge on any atom is -0.480 e. The third-order valence-electron chi connectivity index (χ3n) is 5.79. The van der Waals surface area contributed by atoms with Crippen LogP contribution in [0.1, 0.15) is 46.0 Å². The Bertz CT molecular complexity index is 779. The lowest BCUT2D eigenvalue weighted by molar-refractivity contribution is -0.141. The number of allylic oxidation sites excluding steroid dienone is 1. The third kappa shape index (κ3) is 7.61. The van der Waals surface area contributed by atoms with Gasteiger partial charge < -0.3 is 24.4 Å². The number of fused-ring (bicyclic) bond motifs is 1. The summed E-state index contributed by atoms with van der Waals surface area (Å²) >= 11 is 0. The molecule has 0 aromatic heterocycles. The summed E-state index contributed by atoms with van der Waals surface area (Å²) in [6.45, 7) is 3.85. The Balaban J connectivity index is 2.05. The summed E-state index contributed by atoms with van der Waals surface area (Å²) in [6.07, 6.45) is 3.63. The fourth-order valence-corrected chi connectivity index (χ4v) is 4.24. The number of carboxylic acid groups (broad SMARTS) is 1. The predicted octanol–water partition coefficient (Wildman–Crippen LogP) is 3.02. The summed E-state index contributed by atoms with van der Waals surface area (Å²) in [6, 6.07) is 0. The van der Waals surface area contributed by atoms with Crippen molar-refractivity contribution < 1.29 is 34.0 Å². The first-order valence-electron chi connectivity index (χ1n) is 10.7. The molecule has 31 heavy (non-hydrogen) atoms. The van der Waals surface area contributed by atoms with Crippen molar-refractivity contribution in [2.45, 2.75) is 58.2 Å². The molecule has 0 radical (unpaired) electrons. The van der Waals surface area contributed by atoms with Gasteiger partial charge in [-0.15, -0.1) is 11.8 Å². The maximum atomic E-state index is 11.7. The van der Waals surface area contributed by atoms with E-state index in [-0.39, 0.29) is 31.0 Å². The summed E-state index contributed by atoms with van der Waals surface area (Å²) < 4.78 is 15.1. The molecular weight excluding hydrogens is 400 g/mol. The number of carboxylic acids is 1. The molecule has 2 saturated carbocycles. The number of ether oxygens (including phenoxy) is 3. The Labute approximate surface area is 184 Å². The van der Waals surface area contributed by atoms with E-state index in [1.807, 2.05) is 19.9 Å². The predicted molar refractivity (Wildman–Crippen MR) is 114 cm³/mol. The summed E-state index contributed by atoms with van der Waals surface area (Å²) in [5.74, 6) is 11.6. The zero-order chi connectivity index (χ0) is 22.8. The first kappa shape index (κ1) is 24.8. The Morgan fingerprint density at radius 1 is 1.29 bits per heavy atom. The van der Waals surface area contributed by atoms with Crippen molar-refractivity contribution in [3.05, 3.63) is 11.6 Å². The van der Waals surface area contributed by atoms with Crippen LogP contribution in [0.5, 0.6) is 0 Å². The number of hydrogen-bond acceptors (Lipinski definition) is 6. The van der Waals surface area contributed by atoms with Crippen LogP contribution >= 0.6 is 0 Å². The molecular formula is C24H32O7. The van der Waals surface area contributed by atoms with Crippen molar-refractivity contribution in [2.75, 3.05) is 20.3 Å². The Hall–Kier alpha value is -2.48. The van der Waals surface area contributed by atoms with Crippen LogP contribution < -0.4 is 0 Å². The van der Waals surface area contributed by atoms with Crippen molar-refractivity contribution in [3.8, 4) is 23.7 Å². The van der Waals surface area contributed by atoms with Crippen LogP contribution in [-0.2, 0) is 19.0 Å². The van der Waals surface area contributed by atoms with E-state index in [1.54, 1.807) is 0 Å². The highest BCUT2D eigenvalue weighted by molar-refractivity contribution is 5.68. The van der Waals surface area contributed by atoms with Crippen LogP contribution in [0.4, 0.5) is 4.79 Å². The molecule has 0 heterocycles. The number of aliphatic hydroxyl groups is 1. The van der Waals surface area contributed by atoms with Gasteiger partial charge in [0.1, 0.15) is 6.61 Å². The van der Waals surface area contributed by atoms with Crippen molar-refractivity contribution in [1.82, 2.24) is 0 Å². The Kier molecular flexibility index (Phi) is 9.91. The van der Waals surface area contributed by atoms with E-state index in [9.17, 15) is 14.7 Å². The fraction of sp³-hybridized carbons (Fsp3) is 0.667. The average Bonchev–Trinajstić information content (AvgIpc) is 3.24. The van der Waals surface area contributed by atoms with Crippen LogP contribution in [-0.4, -0.2) is 54.9 Å². The molecule has 2 aliphatic rings. The Morgan fingerprint density at radius 3 is 2.74 bits per heavy atom. The SMILES string of the molecule is CCC#CCC(C)C(C#CC1C(O)CC2CC(=CCOCC(=O)O)CC21)OC(=O)OC. The number of rotatable bonds is 7.